The molecule has 4 rings (SSSR count). The fourth-order valence-corrected chi connectivity index (χ4v) is 10.4. The standard InChI is InChI=1S/C55H80N8O11S/c1-11-34(6)48(61-51(69)44-19-15-16-26-63(44,10)30-38-20-22-39(23-21-38)57-49(67)41(24-25-46(65)66)59-52(70)47(56)33(4)5)54(71)62(9)43(32(2)3)29-45(74-36(8)64)53-60-42(31-75-53)50(68)58-40(27-35(7)55(72)73)28-37-17-13-12-14-18-37/h12-14,17-18,20-23,31-35,40-41,43-45,47-48H,11,15-16,19,24-30,56H2,1-10H3,(H5-,57,58,59,61,65,66,67,68,69,70,72,73)/p+1/t34-,35-,40+,41-,43+,44+,45+,47-,48-,63?/m0/s1. The Balaban J connectivity index is 1.49. The number of likely N-dealkylation sites (N-methyl/N-ethyl adjacent to an activating group) is 2. The normalized spacial score (nSPS) is 18.8. The third-order valence-electron chi connectivity index (χ3n) is 14.4. The molecule has 0 spiro atoms. The van der Waals surface area contributed by atoms with Crippen LogP contribution < -0.4 is 27.0 Å². The third kappa shape index (κ3) is 18.2. The van der Waals surface area contributed by atoms with Gasteiger partial charge in [-0.05, 0) is 67.6 Å². The van der Waals surface area contributed by atoms with Crippen LogP contribution in [0.15, 0.2) is 60.0 Å². The van der Waals surface area contributed by atoms with Crippen molar-refractivity contribution in [3.8, 4) is 0 Å². The number of nitrogens with two attached hydrogens (primary N) is 1. The number of carboxylic acids is 2. The van der Waals surface area contributed by atoms with E-state index in [1.165, 1.54) is 6.92 Å². The number of ether oxygens (including phenoxy) is 1. The number of thiazole rings is 1. The van der Waals surface area contributed by atoms with Gasteiger partial charge in [-0.2, -0.15) is 0 Å². The van der Waals surface area contributed by atoms with E-state index in [0.717, 1.165) is 35.3 Å². The molecule has 3 aromatic rings. The molecule has 1 aromatic heterocycles. The molecule has 0 bridgehead atoms. The molecule has 1 fully saturated rings. The molecule has 2 aromatic carbocycles. The van der Waals surface area contributed by atoms with Gasteiger partial charge < -0.3 is 51.3 Å². The van der Waals surface area contributed by atoms with Crippen LogP contribution in [0.4, 0.5) is 5.69 Å². The maximum Gasteiger partial charge on any atom is 0.306 e. The molecule has 75 heavy (non-hydrogen) atoms. The molecule has 20 heteroatoms. The summed E-state index contributed by atoms with van der Waals surface area (Å²) in [6.07, 6.45) is 2.27. The zero-order valence-electron chi connectivity index (χ0n) is 45.3. The van der Waals surface area contributed by atoms with Gasteiger partial charge in [-0.15, -0.1) is 11.3 Å². The second kappa shape index (κ2) is 28.6. The number of nitrogens with zero attached hydrogens (tertiary/aromatic N) is 3. The van der Waals surface area contributed by atoms with Crippen molar-refractivity contribution in [1.82, 2.24) is 25.8 Å². The number of quaternary nitrogens is 1. The second-order valence-corrected chi connectivity index (χ2v) is 22.1. The summed E-state index contributed by atoms with van der Waals surface area (Å²) in [5.74, 6) is -6.13. The first-order valence-corrected chi connectivity index (χ1v) is 27.0. The molecule has 19 nitrogen and oxygen atoms in total. The Bertz CT molecular complexity index is 2420. The molecule has 5 amide bonds. The Hall–Kier alpha value is -6.25. The number of esters is 1. The number of piperidine rings is 1. The molecule has 0 aliphatic carbocycles. The first kappa shape index (κ1) is 61.3. The number of rotatable bonds is 28. The molecular weight excluding hydrogens is 981 g/mol. The zero-order chi connectivity index (χ0) is 55.7. The molecule has 1 aliphatic rings. The minimum atomic E-state index is -1.12. The molecule has 1 aliphatic heterocycles. The monoisotopic (exact) mass is 1060 g/mol. The van der Waals surface area contributed by atoms with Crippen molar-refractivity contribution in [2.75, 3.05) is 26.0 Å². The van der Waals surface area contributed by atoms with Gasteiger partial charge in [0.2, 0.25) is 17.7 Å². The first-order chi connectivity index (χ1) is 35.3. The van der Waals surface area contributed by atoms with Crippen LogP contribution in [0.3, 0.4) is 0 Å². The molecule has 1 unspecified atom stereocenters. The maximum atomic E-state index is 14.8. The fraction of sp³-hybridized carbons (Fsp3) is 0.582. The van der Waals surface area contributed by atoms with Crippen LogP contribution in [0.1, 0.15) is 139 Å². The van der Waals surface area contributed by atoms with Crippen LogP contribution in [0.5, 0.6) is 0 Å². The minimum Gasteiger partial charge on any atom is -0.481 e. The van der Waals surface area contributed by atoms with Gasteiger partial charge in [0.15, 0.2) is 12.1 Å². The van der Waals surface area contributed by atoms with Crippen molar-refractivity contribution in [2.45, 2.75) is 162 Å². The summed E-state index contributed by atoms with van der Waals surface area (Å²) >= 11 is 1.15. The van der Waals surface area contributed by atoms with Gasteiger partial charge in [0.25, 0.3) is 11.8 Å². The van der Waals surface area contributed by atoms with Crippen LogP contribution >= 0.6 is 11.3 Å². The number of carbonyl (C=O) groups excluding carboxylic acids is 6. The molecule has 2 heterocycles. The fourth-order valence-electron chi connectivity index (χ4n) is 9.56. The first-order valence-electron chi connectivity index (χ1n) is 26.1. The lowest BCUT2D eigenvalue weighted by molar-refractivity contribution is -0.942. The number of amides is 5. The summed E-state index contributed by atoms with van der Waals surface area (Å²) in [5, 5.41) is 32.4. The molecule has 10 atom stereocenters. The van der Waals surface area contributed by atoms with Crippen LogP contribution in [-0.2, 0) is 51.3 Å². The number of aliphatic carboxylic acids is 2. The molecule has 8 N–H and O–H groups in total. The smallest absolute Gasteiger partial charge is 0.306 e. The number of hydrogen-bond donors (Lipinski definition) is 7. The van der Waals surface area contributed by atoms with E-state index in [-0.39, 0.29) is 60.9 Å². The van der Waals surface area contributed by atoms with Gasteiger partial charge in [-0.3, -0.25) is 38.4 Å². The van der Waals surface area contributed by atoms with E-state index in [1.807, 2.05) is 77.2 Å². The van der Waals surface area contributed by atoms with Crippen molar-refractivity contribution in [3.63, 3.8) is 0 Å². The highest BCUT2D eigenvalue weighted by atomic mass is 32.1. The van der Waals surface area contributed by atoms with Crippen molar-refractivity contribution >= 4 is 64.5 Å². The highest BCUT2D eigenvalue weighted by Gasteiger charge is 2.44. The number of likely N-dealkylation sites (tertiary alicyclic amines) is 1. The molecule has 0 radical (unpaired) electrons. The summed E-state index contributed by atoms with van der Waals surface area (Å²) in [7, 11) is 3.72. The minimum absolute atomic E-state index is 0.0864. The van der Waals surface area contributed by atoms with Crippen molar-refractivity contribution < 1.29 is 57.8 Å². The zero-order valence-corrected chi connectivity index (χ0v) is 46.1. The Kier molecular flexibility index (Phi) is 23.4. The number of nitrogens with one attached hydrogen (secondary N) is 4. The summed E-state index contributed by atoms with van der Waals surface area (Å²) in [4.78, 5) is 111. The van der Waals surface area contributed by atoms with Crippen LogP contribution in [0.2, 0.25) is 0 Å². The van der Waals surface area contributed by atoms with E-state index in [0.29, 0.717) is 47.5 Å². The lowest BCUT2D eigenvalue weighted by Crippen LogP contribution is -2.63. The van der Waals surface area contributed by atoms with E-state index >= 15 is 0 Å². The lowest BCUT2D eigenvalue weighted by Gasteiger charge is -2.44. The predicted molar refractivity (Wildman–Crippen MR) is 286 cm³/mol. The average Bonchev–Trinajstić information content (AvgIpc) is 3.86. The SMILES string of the molecule is CC[C@H](C)[C@H](NC(=O)[C@H]1CCCC[N+]1(C)Cc1ccc(NC(=O)[C@H](CCC(=O)O)NC(=O)[C@@H](N)C(C)C)cc1)C(=O)N(C)[C@H](C[C@@H](OC(C)=O)c1nc(C(=O)N[C@@H](Cc2ccccc2)C[C@H](C)C(=O)O)cs1)C(C)C. The van der Waals surface area contributed by atoms with Crippen molar-refractivity contribution in [2.24, 2.45) is 29.4 Å². The van der Waals surface area contributed by atoms with Crippen LogP contribution in [-0.4, -0.2) is 129 Å². The summed E-state index contributed by atoms with van der Waals surface area (Å²) in [6, 6.07) is 12.2. The average molecular weight is 1060 g/mol. The van der Waals surface area contributed by atoms with Gasteiger partial charge in [-0.1, -0.05) is 97.4 Å². The lowest BCUT2D eigenvalue weighted by atomic mass is 9.92. The molecular formula is C55H81N8O11S+. The Morgan fingerprint density at radius 2 is 1.53 bits per heavy atom. The number of carboxylic acid groups (broad SMARTS) is 2. The highest BCUT2D eigenvalue weighted by molar-refractivity contribution is 7.09. The summed E-state index contributed by atoms with van der Waals surface area (Å²) < 4.78 is 6.22. The van der Waals surface area contributed by atoms with E-state index in [1.54, 1.807) is 50.2 Å². The number of carbonyl (C=O) groups is 8. The Labute approximate surface area is 445 Å². The van der Waals surface area contributed by atoms with E-state index in [4.69, 9.17) is 10.5 Å². The van der Waals surface area contributed by atoms with Crippen LogP contribution in [0.25, 0.3) is 0 Å². The summed E-state index contributed by atoms with van der Waals surface area (Å²) in [6.45, 7) is 15.4. The van der Waals surface area contributed by atoms with Crippen molar-refractivity contribution in [3.05, 3.63) is 81.8 Å². The third-order valence-corrected chi connectivity index (χ3v) is 15.4. The second-order valence-electron chi connectivity index (χ2n) is 21.2. The number of benzene rings is 2. The molecule has 1 saturated heterocycles. The predicted octanol–water partition coefficient (Wildman–Crippen LogP) is 6.07. The number of aromatic nitrogens is 1. The van der Waals surface area contributed by atoms with E-state index in [2.05, 4.69) is 26.3 Å². The Morgan fingerprint density at radius 1 is 0.867 bits per heavy atom. The van der Waals surface area contributed by atoms with Gasteiger partial charge >= 0.3 is 17.9 Å². The van der Waals surface area contributed by atoms with Gasteiger partial charge in [0.05, 0.1) is 25.6 Å². The highest BCUT2D eigenvalue weighted by Crippen LogP contribution is 2.32. The van der Waals surface area contributed by atoms with E-state index in [9.17, 15) is 48.6 Å². The van der Waals surface area contributed by atoms with Crippen molar-refractivity contribution in [1.29, 1.82) is 0 Å². The molecule has 0 saturated carbocycles. The van der Waals surface area contributed by atoms with Gasteiger partial charge in [0, 0.05) is 61.9 Å². The van der Waals surface area contributed by atoms with E-state index < -0.39 is 83.9 Å². The topological polar surface area (TPSA) is 277 Å². The molecule has 412 valence electrons. The number of hydrogen-bond acceptors (Lipinski definition) is 12. The Morgan fingerprint density at radius 3 is 2.12 bits per heavy atom. The quantitative estimate of drug-likeness (QED) is 0.0322. The van der Waals surface area contributed by atoms with Gasteiger partial charge in [0.1, 0.15) is 29.3 Å². The van der Waals surface area contributed by atoms with Gasteiger partial charge in [-0.25, -0.2) is 4.98 Å². The largest absolute Gasteiger partial charge is 0.481 e. The summed E-state index contributed by atoms with van der Waals surface area (Å²) in [5.41, 5.74) is 8.34. The maximum absolute atomic E-state index is 14.8. The number of anilines is 1. The van der Waals surface area contributed by atoms with Crippen LogP contribution in [0, 0.1) is 23.7 Å².